The second-order valence-corrected chi connectivity index (χ2v) is 19.5. The van der Waals surface area contributed by atoms with Crippen molar-refractivity contribution in [3.63, 3.8) is 0 Å². The van der Waals surface area contributed by atoms with Gasteiger partial charge < -0.3 is 0 Å². The van der Waals surface area contributed by atoms with Crippen molar-refractivity contribution in [1.82, 2.24) is 0 Å². The molecule has 0 heterocycles. The zero-order valence-corrected chi connectivity index (χ0v) is 9.13. The fourth-order valence-electron chi connectivity index (χ4n) is 0.0136. The molecule has 0 aliphatic rings. The van der Waals surface area contributed by atoms with Gasteiger partial charge >= 0.3 is 58.4 Å². The van der Waals surface area contributed by atoms with Gasteiger partial charge in [0.25, 0.3) is 0 Å². The first-order valence-electron chi connectivity index (χ1n) is 0.698. The molecular weight excluding hydrogens is 301 g/mol. The Morgan fingerprint density at radius 1 is 1.80 bits per heavy atom. The second kappa shape index (κ2) is 6.26. The normalized spacial score (nSPS) is 8.40. The van der Waals surface area contributed by atoms with Crippen LogP contribution in [-0.4, -0.2) is 37.5 Å². The van der Waals surface area contributed by atoms with E-state index in [0.717, 1.165) is 23.3 Å². The SMILES string of the molecule is SS[Se][Se][SeH]. The van der Waals surface area contributed by atoms with Crippen LogP contribution >= 0.6 is 20.9 Å². The molecule has 0 aliphatic carbocycles. The fraction of sp³-hybridized carbons (Fsp3) is 0. The summed E-state index contributed by atoms with van der Waals surface area (Å²) in [6.07, 6.45) is 0. The Bertz CT molecular complexity index is 12.4. The fourth-order valence-corrected chi connectivity index (χ4v) is 17.2. The van der Waals surface area contributed by atoms with Crippen LogP contribution in [0.1, 0.15) is 0 Å². The maximum atomic E-state index is 3.95. The van der Waals surface area contributed by atoms with E-state index in [2.05, 4.69) is 25.8 Å². The minimum absolute atomic E-state index is 0.774. The number of thiol groups is 1. The second-order valence-electron chi connectivity index (χ2n) is 0.217. The zero-order valence-electron chi connectivity index (χ0n) is 2.12. The van der Waals surface area contributed by atoms with Gasteiger partial charge in [-0.2, -0.15) is 0 Å². The van der Waals surface area contributed by atoms with Crippen LogP contribution in [0.15, 0.2) is 0 Å². The summed E-state index contributed by atoms with van der Waals surface area (Å²) in [6.45, 7) is 0. The topological polar surface area (TPSA) is 0 Å². The molecule has 0 bridgehead atoms. The molecular formula is H2S2Se3. The molecule has 0 aromatic heterocycles. The maximum absolute atomic E-state index is 3.95. The molecule has 0 aromatic carbocycles. The van der Waals surface area contributed by atoms with Gasteiger partial charge in [-0.15, -0.1) is 0 Å². The molecule has 0 aliphatic heterocycles. The molecule has 5 heteroatoms. The van der Waals surface area contributed by atoms with E-state index in [0.29, 0.717) is 0 Å². The molecule has 0 saturated heterocycles. The molecule has 0 fully saturated rings. The Balaban J connectivity index is 2.19. The molecule has 0 unspecified atom stereocenters. The van der Waals surface area contributed by atoms with E-state index in [9.17, 15) is 0 Å². The molecule has 0 saturated carbocycles. The quantitative estimate of drug-likeness (QED) is 0.412. The Labute approximate surface area is 57.7 Å². The monoisotopic (exact) mass is 306 g/mol. The van der Waals surface area contributed by atoms with E-state index >= 15 is 0 Å². The van der Waals surface area contributed by atoms with E-state index in [1.807, 2.05) is 0 Å². The Hall–Kier alpha value is 2.26. The zero-order chi connectivity index (χ0) is 4.12. The number of hydrogen-bond acceptors (Lipinski definition) is 2. The molecule has 0 amide bonds. The molecule has 0 aromatic rings. The first kappa shape index (κ1) is 7.26. The van der Waals surface area contributed by atoms with Gasteiger partial charge in [0.15, 0.2) is 0 Å². The van der Waals surface area contributed by atoms with Crippen molar-refractivity contribution in [3.8, 4) is 0 Å². The Kier molecular flexibility index (Phi) is 9.09. The van der Waals surface area contributed by atoms with E-state index < -0.39 is 0 Å². The van der Waals surface area contributed by atoms with Crippen molar-refractivity contribution >= 4 is 58.4 Å². The van der Waals surface area contributed by atoms with Gasteiger partial charge in [0.1, 0.15) is 0 Å². The number of hydrogen-bond donors (Lipinski definition) is 1. The summed E-state index contributed by atoms with van der Waals surface area (Å²) in [5.41, 5.74) is 0. The van der Waals surface area contributed by atoms with Crippen molar-refractivity contribution in [3.05, 3.63) is 0 Å². The molecule has 0 nitrogen and oxygen atoms in total. The van der Waals surface area contributed by atoms with Crippen LogP contribution in [0.4, 0.5) is 0 Å². The van der Waals surface area contributed by atoms with E-state index in [1.165, 1.54) is 0 Å². The van der Waals surface area contributed by atoms with Crippen LogP contribution in [0, 0.1) is 0 Å². The molecule has 0 N–H and O–H groups in total. The van der Waals surface area contributed by atoms with Crippen LogP contribution < -0.4 is 0 Å². The third kappa shape index (κ3) is 6.26. The average molecular weight is 303 g/mol. The van der Waals surface area contributed by atoms with Crippen molar-refractivity contribution in [1.29, 1.82) is 0 Å². The molecule has 0 atom stereocenters. The summed E-state index contributed by atoms with van der Waals surface area (Å²) in [6, 6.07) is 0. The summed E-state index contributed by atoms with van der Waals surface area (Å²) in [4.78, 5) is 0. The molecule has 32 valence electrons. The van der Waals surface area contributed by atoms with Crippen LogP contribution in [0.2, 0.25) is 0 Å². The van der Waals surface area contributed by atoms with E-state index in [1.54, 1.807) is 9.21 Å². The van der Waals surface area contributed by atoms with Gasteiger partial charge in [0.05, 0.1) is 0 Å². The predicted octanol–water partition coefficient (Wildman–Crippen LogP) is -0.381. The van der Waals surface area contributed by atoms with Crippen molar-refractivity contribution < 1.29 is 0 Å². The first-order valence-corrected chi connectivity index (χ1v) is 13.7. The minimum atomic E-state index is 0.774. The van der Waals surface area contributed by atoms with Gasteiger partial charge in [-0.1, -0.05) is 0 Å². The summed E-state index contributed by atoms with van der Waals surface area (Å²) in [7, 11) is 1.67. The van der Waals surface area contributed by atoms with E-state index in [-0.39, 0.29) is 0 Å². The molecule has 0 spiro atoms. The Morgan fingerprint density at radius 3 is 2.40 bits per heavy atom. The summed E-state index contributed by atoms with van der Waals surface area (Å²) >= 11 is 8.13. The van der Waals surface area contributed by atoms with Gasteiger partial charge in [-0.25, -0.2) is 0 Å². The van der Waals surface area contributed by atoms with Crippen LogP contribution in [0.25, 0.3) is 0 Å². The van der Waals surface area contributed by atoms with Crippen LogP contribution in [-0.2, 0) is 0 Å². The summed E-state index contributed by atoms with van der Waals surface area (Å²) in [5.74, 6) is 0. The molecule has 0 rings (SSSR count). The predicted molar refractivity (Wildman–Crippen MR) is 35.2 cm³/mol. The van der Waals surface area contributed by atoms with Gasteiger partial charge in [0.2, 0.25) is 0 Å². The number of rotatable bonds is 2. The van der Waals surface area contributed by atoms with Crippen molar-refractivity contribution in [2.24, 2.45) is 0 Å². The molecule has 5 heavy (non-hydrogen) atoms. The standard InChI is InChI=1S/H2S2Se3/c1-2-4-5-3/h1,3H. The van der Waals surface area contributed by atoms with Crippen LogP contribution in [0.3, 0.4) is 0 Å². The summed E-state index contributed by atoms with van der Waals surface area (Å²) in [5, 5.41) is 0. The van der Waals surface area contributed by atoms with Gasteiger partial charge in [-0.05, 0) is 0 Å². The van der Waals surface area contributed by atoms with Gasteiger partial charge in [-0.3, -0.25) is 0 Å². The Morgan fingerprint density at radius 2 is 2.40 bits per heavy atom. The third-order valence-corrected chi connectivity index (χ3v) is 20.2. The molecule has 0 radical (unpaired) electrons. The van der Waals surface area contributed by atoms with Gasteiger partial charge in [0, 0.05) is 0 Å². The average Bonchev–Trinajstić information content (AvgIpc) is 1.41. The summed E-state index contributed by atoms with van der Waals surface area (Å²) < 4.78 is 0. The third-order valence-electron chi connectivity index (χ3n) is 0.0609. The first-order chi connectivity index (χ1) is 2.41. The van der Waals surface area contributed by atoms with Crippen molar-refractivity contribution in [2.75, 3.05) is 0 Å². The van der Waals surface area contributed by atoms with E-state index in [4.69, 9.17) is 0 Å². The van der Waals surface area contributed by atoms with Crippen molar-refractivity contribution in [2.45, 2.75) is 0 Å². The van der Waals surface area contributed by atoms with Crippen LogP contribution in [0.5, 0.6) is 0 Å².